The van der Waals surface area contributed by atoms with Crippen LogP contribution in [0.15, 0.2) is 97.3 Å². The SMILES string of the molecule is COC(=O)NC(C(C)C)C(C)C.COC(=O)N[C@@H](CCNC(=O)OCCN1CCC(N(C(=O)C2CCC(C)CC2)c2cc(-c3ccccc3)sc2C(=O)O)CC1)C(=O)N1CCC[C@H]1c1ncc(-c2ccc(-c3ccc(-c4cnc([C@@H]5CCCN5C(=O)[C@@H](NC(=O)OC)C(C)C)[nH]4)cc3)cc2)[nH]1. The zero-order valence-corrected chi connectivity index (χ0v) is 60.6. The van der Waals surface area contributed by atoms with Gasteiger partial charge in [-0.15, -0.1) is 11.3 Å². The second-order valence-corrected chi connectivity index (χ2v) is 28.7. The number of amides is 7. The monoisotopic (exact) mass is 1410 g/mol. The van der Waals surface area contributed by atoms with Crippen LogP contribution in [0.1, 0.15) is 152 Å². The normalized spacial score (nSPS) is 18.5. The molecule has 0 spiro atoms. The molecule has 544 valence electrons. The van der Waals surface area contributed by atoms with Gasteiger partial charge in [-0.25, -0.2) is 33.9 Å². The number of piperidine rings is 1. The molecule has 3 aromatic carbocycles. The number of carboxylic acids is 1. The number of thiophene rings is 1. The molecule has 0 radical (unpaired) electrons. The highest BCUT2D eigenvalue weighted by atomic mass is 32.1. The molecule has 4 fully saturated rings. The summed E-state index contributed by atoms with van der Waals surface area (Å²) in [6.45, 7) is 17.2. The van der Waals surface area contributed by atoms with Gasteiger partial charge in [-0.3, -0.25) is 19.3 Å². The fourth-order valence-electron chi connectivity index (χ4n) is 14.1. The molecule has 4 aliphatic rings. The van der Waals surface area contributed by atoms with Crippen LogP contribution in [0.2, 0.25) is 0 Å². The number of likely N-dealkylation sites (tertiary alicyclic amines) is 3. The summed E-state index contributed by atoms with van der Waals surface area (Å²) < 4.78 is 19.8. The zero-order chi connectivity index (χ0) is 72.4. The molecule has 1 saturated carbocycles. The number of benzene rings is 3. The fourth-order valence-corrected chi connectivity index (χ4v) is 15.1. The number of carbonyl (C=O) groups is 8. The highest BCUT2D eigenvalue weighted by Gasteiger charge is 2.41. The van der Waals surface area contributed by atoms with E-state index in [4.69, 9.17) is 24.2 Å². The minimum Gasteiger partial charge on any atom is -0.477 e. The van der Waals surface area contributed by atoms with Crippen LogP contribution in [0.5, 0.6) is 0 Å². The van der Waals surface area contributed by atoms with Crippen LogP contribution in [-0.4, -0.2) is 179 Å². The van der Waals surface area contributed by atoms with Crippen molar-refractivity contribution in [1.82, 2.24) is 55.9 Å². The van der Waals surface area contributed by atoms with Crippen LogP contribution in [0, 0.1) is 29.6 Å². The quantitative estimate of drug-likeness (QED) is 0.0277. The number of aromatic carboxylic acids is 1. The number of imidazole rings is 2. The molecule has 3 aromatic heterocycles. The molecule has 7 amide bonds. The molecule has 1 aliphatic carbocycles. The van der Waals surface area contributed by atoms with Crippen LogP contribution >= 0.6 is 11.3 Å². The average Bonchev–Trinajstić information content (AvgIpc) is 1.69. The Morgan fingerprint density at radius 3 is 1.63 bits per heavy atom. The molecule has 7 N–H and O–H groups in total. The molecule has 101 heavy (non-hydrogen) atoms. The Labute approximate surface area is 595 Å². The number of hydrogen-bond acceptors (Lipinski definition) is 16. The lowest BCUT2D eigenvalue weighted by molar-refractivity contribution is -0.135. The van der Waals surface area contributed by atoms with Crippen molar-refractivity contribution in [2.75, 3.05) is 72.1 Å². The van der Waals surface area contributed by atoms with Gasteiger partial charge in [0, 0.05) is 62.1 Å². The van der Waals surface area contributed by atoms with Gasteiger partial charge < -0.3 is 70.0 Å². The van der Waals surface area contributed by atoms with Crippen molar-refractivity contribution in [3.05, 3.63) is 114 Å². The van der Waals surface area contributed by atoms with Crippen molar-refractivity contribution >= 4 is 65.1 Å². The second-order valence-electron chi connectivity index (χ2n) is 27.7. The van der Waals surface area contributed by atoms with Gasteiger partial charge in [0.2, 0.25) is 17.7 Å². The Bertz CT molecular complexity index is 3740. The summed E-state index contributed by atoms with van der Waals surface area (Å²) in [6.07, 6.45) is 8.85. The molecule has 4 atom stereocenters. The number of ether oxygens (including phenoxy) is 4. The van der Waals surface area contributed by atoms with Gasteiger partial charge >= 0.3 is 30.3 Å². The zero-order valence-electron chi connectivity index (χ0n) is 59.8. The number of hydrogen-bond donors (Lipinski definition) is 7. The molecule has 25 nitrogen and oxygen atoms in total. The summed E-state index contributed by atoms with van der Waals surface area (Å²) in [6, 6.07) is 25.4. The molecule has 26 heteroatoms. The average molecular weight is 1410 g/mol. The third kappa shape index (κ3) is 19.6. The van der Waals surface area contributed by atoms with E-state index in [-0.39, 0.29) is 84.3 Å². The lowest BCUT2D eigenvalue weighted by Crippen LogP contribution is -2.51. The van der Waals surface area contributed by atoms with Gasteiger partial charge in [0.25, 0.3) is 0 Å². The van der Waals surface area contributed by atoms with Crippen molar-refractivity contribution in [3.8, 4) is 44.1 Å². The standard InChI is InChI=1S/C66H81N11O11S.C9H19NO2/c1-40(2)56(73-66(85)87-5)62(80)76-32-10-14-53(76)59-69-39-51(71-59)45-25-21-43(22-26-45)42-19-23-44(24-20-42)50-38-68-58(70-50)52-13-9-31-75(52)61(79)49(72-65(84)86-4)27-30-67-64(83)88-36-35-74-33-28-48(29-34-74)77(60(78)47-17-15-41(3)16-18-47)54-37-55(89-57(54)63(81)82)46-11-7-6-8-12-46;1-6(2)8(7(3)4)10-9(11)12-5/h6-8,11-12,19-26,37-41,47-49,52-53,56H,9-10,13-18,27-36H2,1-5H3,(H,67,83)(H,68,70)(H,69,71)(H,72,84)(H,73,85)(H,81,82);6-8H,1-5H3,(H,10,11)/t41?,47?,49-,52-,53-,56-;/m0./s1. The maximum absolute atomic E-state index is 14.5. The molecule has 0 unspecified atom stereocenters. The van der Waals surface area contributed by atoms with E-state index in [1.807, 2.05) is 98.8 Å². The Kier molecular flexibility index (Phi) is 26.9. The van der Waals surface area contributed by atoms with Crippen LogP contribution < -0.4 is 26.2 Å². The largest absolute Gasteiger partial charge is 0.477 e. The van der Waals surface area contributed by atoms with E-state index in [2.05, 4.69) is 75.5 Å². The lowest BCUT2D eigenvalue weighted by Gasteiger charge is -2.40. The van der Waals surface area contributed by atoms with Crippen LogP contribution in [0.4, 0.5) is 24.9 Å². The number of anilines is 1. The number of nitrogens with one attached hydrogen (secondary N) is 6. The number of alkyl carbamates (subject to hydrolysis) is 4. The number of methoxy groups -OCH3 is 3. The van der Waals surface area contributed by atoms with Gasteiger partial charge in [0.15, 0.2) is 0 Å². The molecule has 6 heterocycles. The number of aromatic nitrogens is 4. The first-order valence-electron chi connectivity index (χ1n) is 35.4. The number of H-pyrrole nitrogens is 2. The predicted molar refractivity (Wildman–Crippen MR) is 386 cm³/mol. The molecule has 3 saturated heterocycles. The van der Waals surface area contributed by atoms with Crippen molar-refractivity contribution < 1.29 is 62.4 Å². The minimum absolute atomic E-state index is 0.00332. The first kappa shape index (κ1) is 75.9. The summed E-state index contributed by atoms with van der Waals surface area (Å²) in [5.41, 5.74) is 6.83. The first-order chi connectivity index (χ1) is 48.5. The summed E-state index contributed by atoms with van der Waals surface area (Å²) in [5, 5.41) is 21.3. The van der Waals surface area contributed by atoms with Crippen LogP contribution in [-0.2, 0) is 33.3 Å². The Morgan fingerprint density at radius 1 is 0.604 bits per heavy atom. The summed E-state index contributed by atoms with van der Waals surface area (Å²) in [7, 11) is 3.89. The number of carbonyl (C=O) groups excluding carboxylic acids is 7. The van der Waals surface area contributed by atoms with Gasteiger partial charge in [0.1, 0.15) is 35.2 Å². The molecular weight excluding hydrogens is 1310 g/mol. The summed E-state index contributed by atoms with van der Waals surface area (Å²) >= 11 is 1.20. The molecule has 0 bridgehead atoms. The first-order valence-corrected chi connectivity index (χ1v) is 36.2. The Hall–Kier alpha value is -9.30. The maximum atomic E-state index is 14.5. The number of rotatable bonds is 24. The van der Waals surface area contributed by atoms with E-state index in [1.54, 1.807) is 27.1 Å². The van der Waals surface area contributed by atoms with E-state index < -0.39 is 36.3 Å². The van der Waals surface area contributed by atoms with Crippen molar-refractivity contribution in [1.29, 1.82) is 0 Å². The molecule has 10 rings (SSSR count). The lowest BCUT2D eigenvalue weighted by atomic mass is 9.82. The number of carboxylic acid groups (broad SMARTS) is 1. The molecular formula is C75H100N12O13S. The predicted octanol–water partition coefficient (Wildman–Crippen LogP) is 12.5. The summed E-state index contributed by atoms with van der Waals surface area (Å²) in [4.78, 5) is 129. The van der Waals surface area contributed by atoms with Crippen molar-refractivity contribution in [3.63, 3.8) is 0 Å². The molecule has 3 aliphatic heterocycles. The van der Waals surface area contributed by atoms with E-state index in [1.165, 1.54) is 32.7 Å². The van der Waals surface area contributed by atoms with Crippen molar-refractivity contribution in [2.45, 2.75) is 155 Å². The van der Waals surface area contributed by atoms with Gasteiger partial charge in [0.05, 0.1) is 62.9 Å². The smallest absolute Gasteiger partial charge is 0.407 e. The van der Waals surface area contributed by atoms with Gasteiger partial charge in [-0.2, -0.15) is 0 Å². The number of nitrogens with zero attached hydrogens (tertiary/aromatic N) is 6. The second kappa shape index (κ2) is 35.8. The van der Waals surface area contributed by atoms with Crippen LogP contribution in [0.3, 0.4) is 0 Å². The topological polar surface area (TPSA) is 312 Å². The Balaban J connectivity index is 0.000000904. The van der Waals surface area contributed by atoms with Crippen molar-refractivity contribution in [2.24, 2.45) is 29.6 Å². The third-order valence-corrected chi connectivity index (χ3v) is 20.9. The summed E-state index contributed by atoms with van der Waals surface area (Å²) in [5.74, 6) is 0.881. The van der Waals surface area contributed by atoms with E-state index in [0.717, 1.165) is 89.0 Å². The Morgan fingerprint density at radius 2 is 1.12 bits per heavy atom. The fraction of sp³-hybridized carbons (Fsp3) is 0.520. The highest BCUT2D eigenvalue weighted by Crippen LogP contribution is 2.42. The third-order valence-electron chi connectivity index (χ3n) is 19.8. The number of aromatic amines is 2. The minimum atomic E-state index is -1.05. The van der Waals surface area contributed by atoms with Gasteiger partial charge in [-0.1, -0.05) is 127 Å². The van der Waals surface area contributed by atoms with Gasteiger partial charge in [-0.05, 0) is 128 Å². The van der Waals surface area contributed by atoms with E-state index in [9.17, 15) is 43.5 Å². The molecule has 6 aromatic rings. The van der Waals surface area contributed by atoms with E-state index >= 15 is 0 Å². The van der Waals surface area contributed by atoms with E-state index in [0.29, 0.717) is 87.1 Å². The van der Waals surface area contributed by atoms with Crippen LogP contribution in [0.25, 0.3) is 44.1 Å². The highest BCUT2D eigenvalue weighted by molar-refractivity contribution is 7.18. The maximum Gasteiger partial charge on any atom is 0.407 e.